The molecule has 4 heteroatoms. The molecule has 1 aromatic carbocycles. The smallest absolute Gasteiger partial charge is 0.127 e. The standard InChI is InChI=1S/C14H21ClFNO/c1-3-5-17-6-8-18-7-4-12-9-11(2)14(16)10-13(12)15/h9-10,17H,3-8H2,1-2H3. The normalized spacial score (nSPS) is 10.9. The van der Waals surface area contributed by atoms with Gasteiger partial charge >= 0.3 is 0 Å². The lowest BCUT2D eigenvalue weighted by atomic mass is 10.1. The van der Waals surface area contributed by atoms with Crippen LogP contribution in [0, 0.1) is 12.7 Å². The van der Waals surface area contributed by atoms with E-state index >= 15 is 0 Å². The van der Waals surface area contributed by atoms with Crippen LogP contribution in [0.3, 0.4) is 0 Å². The molecular formula is C14H21ClFNO. The maximum Gasteiger partial charge on any atom is 0.127 e. The van der Waals surface area contributed by atoms with Crippen molar-refractivity contribution in [1.82, 2.24) is 5.32 Å². The van der Waals surface area contributed by atoms with E-state index in [2.05, 4.69) is 12.2 Å². The zero-order valence-corrected chi connectivity index (χ0v) is 11.8. The zero-order chi connectivity index (χ0) is 13.4. The van der Waals surface area contributed by atoms with E-state index < -0.39 is 0 Å². The van der Waals surface area contributed by atoms with Crippen molar-refractivity contribution >= 4 is 11.6 Å². The van der Waals surface area contributed by atoms with E-state index in [1.54, 1.807) is 13.0 Å². The molecule has 102 valence electrons. The molecule has 0 bridgehead atoms. The number of halogens is 2. The van der Waals surface area contributed by atoms with E-state index in [0.717, 1.165) is 25.1 Å². The number of rotatable bonds is 8. The van der Waals surface area contributed by atoms with Crippen LogP contribution in [0.4, 0.5) is 4.39 Å². The van der Waals surface area contributed by atoms with Gasteiger partial charge in [-0.15, -0.1) is 0 Å². The van der Waals surface area contributed by atoms with Gasteiger partial charge < -0.3 is 10.1 Å². The van der Waals surface area contributed by atoms with Crippen molar-refractivity contribution in [2.75, 3.05) is 26.3 Å². The average molecular weight is 274 g/mol. The Morgan fingerprint density at radius 2 is 2.06 bits per heavy atom. The van der Waals surface area contributed by atoms with Gasteiger partial charge in [-0.25, -0.2) is 4.39 Å². The minimum absolute atomic E-state index is 0.256. The molecule has 0 aromatic heterocycles. The van der Waals surface area contributed by atoms with Crippen LogP contribution < -0.4 is 5.32 Å². The van der Waals surface area contributed by atoms with Gasteiger partial charge in [0.1, 0.15) is 5.82 Å². The third-order valence-electron chi connectivity index (χ3n) is 2.69. The second kappa shape index (κ2) is 8.46. The highest BCUT2D eigenvalue weighted by molar-refractivity contribution is 6.31. The molecule has 1 N–H and O–H groups in total. The lowest BCUT2D eigenvalue weighted by Gasteiger charge is -2.08. The van der Waals surface area contributed by atoms with Gasteiger partial charge in [0.25, 0.3) is 0 Å². The first kappa shape index (κ1) is 15.4. The van der Waals surface area contributed by atoms with Gasteiger partial charge in [-0.3, -0.25) is 0 Å². The summed E-state index contributed by atoms with van der Waals surface area (Å²) in [5.74, 6) is -0.256. The third kappa shape index (κ3) is 5.34. The summed E-state index contributed by atoms with van der Waals surface area (Å²) >= 11 is 5.97. The van der Waals surface area contributed by atoms with Crippen molar-refractivity contribution in [2.45, 2.75) is 26.7 Å². The molecule has 0 amide bonds. The van der Waals surface area contributed by atoms with Gasteiger partial charge in [0.15, 0.2) is 0 Å². The zero-order valence-electron chi connectivity index (χ0n) is 11.1. The summed E-state index contributed by atoms with van der Waals surface area (Å²) < 4.78 is 18.7. The van der Waals surface area contributed by atoms with Gasteiger partial charge in [-0.05, 0) is 43.5 Å². The van der Waals surface area contributed by atoms with Gasteiger partial charge in [-0.2, -0.15) is 0 Å². The maximum atomic E-state index is 13.2. The molecule has 1 aromatic rings. The summed E-state index contributed by atoms with van der Waals surface area (Å²) in [6.45, 7) is 7.06. The fraction of sp³-hybridized carbons (Fsp3) is 0.571. The Balaban J connectivity index is 2.25. The molecule has 0 aliphatic carbocycles. The first-order valence-electron chi connectivity index (χ1n) is 6.38. The number of nitrogens with one attached hydrogen (secondary N) is 1. The molecule has 0 heterocycles. The van der Waals surface area contributed by atoms with Gasteiger partial charge in [0.05, 0.1) is 13.2 Å². The SMILES string of the molecule is CCCNCCOCCc1cc(C)c(F)cc1Cl. The largest absolute Gasteiger partial charge is 0.380 e. The summed E-state index contributed by atoms with van der Waals surface area (Å²) in [6.07, 6.45) is 1.85. The van der Waals surface area contributed by atoms with Crippen molar-refractivity contribution in [3.05, 3.63) is 34.1 Å². The molecule has 0 fully saturated rings. The molecule has 0 radical (unpaired) electrons. The Labute approximate surface area is 113 Å². The van der Waals surface area contributed by atoms with E-state index in [1.807, 2.05) is 0 Å². The van der Waals surface area contributed by atoms with Crippen molar-refractivity contribution in [2.24, 2.45) is 0 Å². The summed E-state index contributed by atoms with van der Waals surface area (Å²) in [5.41, 5.74) is 1.57. The first-order chi connectivity index (χ1) is 8.65. The quantitative estimate of drug-likeness (QED) is 0.734. The van der Waals surface area contributed by atoms with Crippen molar-refractivity contribution < 1.29 is 9.13 Å². The van der Waals surface area contributed by atoms with Crippen LogP contribution in [0.2, 0.25) is 5.02 Å². The van der Waals surface area contributed by atoms with E-state index in [4.69, 9.17) is 16.3 Å². The molecule has 0 saturated carbocycles. The summed E-state index contributed by atoms with van der Waals surface area (Å²) in [6, 6.07) is 3.16. The number of hydrogen-bond acceptors (Lipinski definition) is 2. The molecule has 0 unspecified atom stereocenters. The highest BCUT2D eigenvalue weighted by Crippen LogP contribution is 2.20. The Hall–Kier alpha value is -0.640. The van der Waals surface area contributed by atoms with Crippen molar-refractivity contribution in [3.8, 4) is 0 Å². The third-order valence-corrected chi connectivity index (χ3v) is 3.05. The second-order valence-corrected chi connectivity index (χ2v) is 4.71. The highest BCUT2D eigenvalue weighted by atomic mass is 35.5. The minimum Gasteiger partial charge on any atom is -0.380 e. The highest BCUT2D eigenvalue weighted by Gasteiger charge is 2.05. The Kier molecular flexibility index (Phi) is 7.25. The molecular weight excluding hydrogens is 253 g/mol. The second-order valence-electron chi connectivity index (χ2n) is 4.31. The summed E-state index contributed by atoms with van der Waals surface area (Å²) in [5, 5.41) is 3.74. The number of ether oxygens (including phenoxy) is 1. The number of benzene rings is 1. The van der Waals surface area contributed by atoms with Crippen LogP contribution in [-0.4, -0.2) is 26.3 Å². The lowest BCUT2D eigenvalue weighted by molar-refractivity contribution is 0.139. The molecule has 18 heavy (non-hydrogen) atoms. The molecule has 0 atom stereocenters. The number of aryl methyl sites for hydroxylation is 1. The molecule has 1 rings (SSSR count). The Morgan fingerprint density at radius 1 is 1.28 bits per heavy atom. The van der Waals surface area contributed by atoms with Crippen molar-refractivity contribution in [1.29, 1.82) is 0 Å². The van der Waals surface area contributed by atoms with Gasteiger partial charge in [-0.1, -0.05) is 24.6 Å². The average Bonchev–Trinajstić information content (AvgIpc) is 2.34. The van der Waals surface area contributed by atoms with E-state index in [-0.39, 0.29) is 5.82 Å². The topological polar surface area (TPSA) is 21.3 Å². The molecule has 2 nitrogen and oxygen atoms in total. The van der Waals surface area contributed by atoms with Crippen LogP contribution >= 0.6 is 11.6 Å². The maximum absolute atomic E-state index is 13.2. The van der Waals surface area contributed by atoms with Crippen LogP contribution in [-0.2, 0) is 11.2 Å². The van der Waals surface area contributed by atoms with Crippen LogP contribution in [0.25, 0.3) is 0 Å². The van der Waals surface area contributed by atoms with E-state index in [0.29, 0.717) is 30.2 Å². The summed E-state index contributed by atoms with van der Waals surface area (Å²) in [7, 11) is 0. The lowest BCUT2D eigenvalue weighted by Crippen LogP contribution is -2.20. The monoisotopic (exact) mass is 273 g/mol. The van der Waals surface area contributed by atoms with Crippen LogP contribution in [0.1, 0.15) is 24.5 Å². The Morgan fingerprint density at radius 3 is 2.78 bits per heavy atom. The summed E-state index contributed by atoms with van der Waals surface area (Å²) in [4.78, 5) is 0. The first-order valence-corrected chi connectivity index (χ1v) is 6.76. The van der Waals surface area contributed by atoms with Crippen molar-refractivity contribution in [3.63, 3.8) is 0 Å². The van der Waals surface area contributed by atoms with Crippen LogP contribution in [0.5, 0.6) is 0 Å². The van der Waals surface area contributed by atoms with Gasteiger partial charge in [0, 0.05) is 11.6 Å². The Bertz CT molecular complexity index is 371. The predicted molar refractivity (Wildman–Crippen MR) is 73.8 cm³/mol. The van der Waals surface area contributed by atoms with E-state index in [1.165, 1.54) is 6.07 Å². The molecule has 0 spiro atoms. The van der Waals surface area contributed by atoms with Crippen LogP contribution in [0.15, 0.2) is 12.1 Å². The molecule has 0 saturated heterocycles. The minimum atomic E-state index is -0.256. The van der Waals surface area contributed by atoms with E-state index in [9.17, 15) is 4.39 Å². The molecule has 0 aliphatic rings. The number of hydrogen-bond donors (Lipinski definition) is 1. The fourth-order valence-corrected chi connectivity index (χ4v) is 1.88. The fourth-order valence-electron chi connectivity index (χ4n) is 1.64. The molecule has 0 aliphatic heterocycles. The predicted octanol–water partition coefficient (Wildman–Crippen LogP) is 3.35. The van der Waals surface area contributed by atoms with Gasteiger partial charge in [0.2, 0.25) is 0 Å².